The van der Waals surface area contributed by atoms with E-state index in [9.17, 15) is 23.4 Å². The summed E-state index contributed by atoms with van der Waals surface area (Å²) in [6.45, 7) is 6.32. The number of nitrogens with zero attached hydrogens (tertiary/aromatic N) is 3. The highest BCUT2D eigenvalue weighted by molar-refractivity contribution is 5.55. The maximum Gasteiger partial charge on any atom is 0.393 e. The fourth-order valence-corrected chi connectivity index (χ4v) is 4.16. The van der Waals surface area contributed by atoms with E-state index in [0.717, 1.165) is 0 Å². The molecule has 0 saturated carbocycles. The second kappa shape index (κ2) is 8.44. The Morgan fingerprint density at radius 3 is 2.32 bits per heavy atom. The van der Waals surface area contributed by atoms with Crippen LogP contribution in [0.15, 0.2) is 47.2 Å². The first-order valence-electron chi connectivity index (χ1n) is 10.9. The van der Waals surface area contributed by atoms with Gasteiger partial charge in [0.25, 0.3) is 5.89 Å². The zero-order valence-electron chi connectivity index (χ0n) is 19.1. The standard InChI is InChI=1S/C24H27F3N4O3/c1-21(2,14-32)20-30-19(34-31-20)16-8-18(11-28-10-16)24(33,22(3)12-29-13-22)17-6-4-15(5-7-17)9-23(25,26)27/h4-8,10-11,29,32-33H,9,12-14H2,1-3H3. The van der Waals surface area contributed by atoms with Crippen LogP contribution >= 0.6 is 0 Å². The molecule has 3 N–H and O–H groups in total. The second-order valence-corrected chi connectivity index (χ2v) is 9.79. The van der Waals surface area contributed by atoms with E-state index in [1.807, 2.05) is 6.92 Å². The lowest BCUT2D eigenvalue weighted by Crippen LogP contribution is -2.63. The van der Waals surface area contributed by atoms with Crippen molar-refractivity contribution in [1.29, 1.82) is 0 Å². The van der Waals surface area contributed by atoms with Crippen molar-refractivity contribution in [2.75, 3.05) is 19.7 Å². The molecule has 4 rings (SSSR count). The van der Waals surface area contributed by atoms with Gasteiger partial charge in [-0.05, 0) is 17.2 Å². The third kappa shape index (κ3) is 4.33. The summed E-state index contributed by atoms with van der Waals surface area (Å²) < 4.78 is 43.8. The number of rotatable bonds is 7. The number of nitrogens with one attached hydrogen (secondary N) is 1. The molecule has 0 radical (unpaired) electrons. The number of aliphatic hydroxyl groups is 2. The Morgan fingerprint density at radius 2 is 1.76 bits per heavy atom. The van der Waals surface area contributed by atoms with E-state index < -0.39 is 29.0 Å². The third-order valence-electron chi connectivity index (χ3n) is 6.51. The normalized spacial score (nSPS) is 17.8. The maximum absolute atomic E-state index is 12.8. The van der Waals surface area contributed by atoms with Gasteiger partial charge in [-0.25, -0.2) is 0 Å². The molecule has 0 amide bonds. The molecule has 0 bridgehead atoms. The van der Waals surface area contributed by atoms with Crippen molar-refractivity contribution >= 4 is 0 Å². The highest BCUT2D eigenvalue weighted by Gasteiger charge is 2.53. The van der Waals surface area contributed by atoms with Gasteiger partial charge in [0.2, 0.25) is 0 Å². The molecular formula is C24H27F3N4O3. The van der Waals surface area contributed by atoms with Gasteiger partial charge in [-0.1, -0.05) is 50.2 Å². The van der Waals surface area contributed by atoms with E-state index in [-0.39, 0.29) is 18.1 Å². The van der Waals surface area contributed by atoms with Crippen LogP contribution in [0.25, 0.3) is 11.5 Å². The first-order valence-corrected chi connectivity index (χ1v) is 10.9. The lowest BCUT2D eigenvalue weighted by Gasteiger charge is -2.52. The molecule has 182 valence electrons. The van der Waals surface area contributed by atoms with Gasteiger partial charge in [0.15, 0.2) is 5.82 Å². The number of benzene rings is 1. The van der Waals surface area contributed by atoms with Crippen LogP contribution < -0.4 is 5.32 Å². The number of alkyl halides is 3. The third-order valence-corrected chi connectivity index (χ3v) is 6.51. The number of halogens is 3. The zero-order chi connectivity index (χ0) is 24.8. The minimum absolute atomic E-state index is 0.118. The SMILES string of the molecule is CC(C)(CO)c1noc(-c2cncc(C(O)(c3ccc(CC(F)(F)F)cc3)C3(C)CNC3)c2)n1. The summed E-state index contributed by atoms with van der Waals surface area (Å²) in [4.78, 5) is 8.66. The highest BCUT2D eigenvalue weighted by Crippen LogP contribution is 2.48. The fourth-order valence-electron chi connectivity index (χ4n) is 4.16. The van der Waals surface area contributed by atoms with Crippen molar-refractivity contribution in [2.45, 2.75) is 44.4 Å². The summed E-state index contributed by atoms with van der Waals surface area (Å²) >= 11 is 0. The van der Waals surface area contributed by atoms with E-state index in [2.05, 4.69) is 20.4 Å². The van der Waals surface area contributed by atoms with Crippen molar-refractivity contribution < 1.29 is 27.9 Å². The zero-order valence-corrected chi connectivity index (χ0v) is 19.1. The number of pyridine rings is 1. The van der Waals surface area contributed by atoms with Gasteiger partial charge in [-0.2, -0.15) is 18.2 Å². The lowest BCUT2D eigenvalue weighted by atomic mass is 9.63. The molecular weight excluding hydrogens is 449 g/mol. The Morgan fingerprint density at radius 1 is 1.09 bits per heavy atom. The molecule has 3 heterocycles. The molecule has 34 heavy (non-hydrogen) atoms. The van der Waals surface area contributed by atoms with Crippen molar-refractivity contribution in [2.24, 2.45) is 5.41 Å². The van der Waals surface area contributed by atoms with Gasteiger partial charge in [-0.15, -0.1) is 0 Å². The van der Waals surface area contributed by atoms with Gasteiger partial charge in [0, 0.05) is 36.5 Å². The lowest BCUT2D eigenvalue weighted by molar-refractivity contribution is -0.127. The average molecular weight is 476 g/mol. The van der Waals surface area contributed by atoms with Gasteiger partial charge < -0.3 is 20.1 Å². The summed E-state index contributed by atoms with van der Waals surface area (Å²) in [6, 6.07) is 7.55. The van der Waals surface area contributed by atoms with E-state index in [0.29, 0.717) is 35.6 Å². The Bertz CT molecular complexity index is 1160. The molecule has 1 atom stereocenters. The quantitative estimate of drug-likeness (QED) is 0.480. The van der Waals surface area contributed by atoms with Gasteiger partial charge in [-0.3, -0.25) is 4.98 Å². The number of aliphatic hydroxyl groups excluding tert-OH is 1. The molecule has 1 saturated heterocycles. The van der Waals surface area contributed by atoms with Crippen molar-refractivity contribution in [1.82, 2.24) is 20.4 Å². The van der Waals surface area contributed by atoms with Crippen LogP contribution in [0.4, 0.5) is 13.2 Å². The molecule has 1 aromatic carbocycles. The van der Waals surface area contributed by atoms with Crippen LogP contribution in [0.2, 0.25) is 0 Å². The smallest absolute Gasteiger partial charge is 0.393 e. The van der Waals surface area contributed by atoms with Crippen molar-refractivity contribution in [3.8, 4) is 11.5 Å². The van der Waals surface area contributed by atoms with Crippen LogP contribution in [0.3, 0.4) is 0 Å². The number of hydrogen-bond acceptors (Lipinski definition) is 7. The first kappa shape index (κ1) is 24.3. The largest absolute Gasteiger partial charge is 0.395 e. The summed E-state index contributed by atoms with van der Waals surface area (Å²) in [7, 11) is 0. The highest BCUT2D eigenvalue weighted by atomic mass is 19.4. The molecule has 10 heteroatoms. The minimum atomic E-state index is -4.31. The molecule has 1 aliphatic heterocycles. The number of hydrogen-bond donors (Lipinski definition) is 3. The van der Waals surface area contributed by atoms with Crippen LogP contribution in [-0.4, -0.2) is 51.2 Å². The summed E-state index contributed by atoms with van der Waals surface area (Å²) in [5.74, 6) is 0.520. The summed E-state index contributed by atoms with van der Waals surface area (Å²) in [5, 5.41) is 28.8. The topological polar surface area (TPSA) is 104 Å². The van der Waals surface area contributed by atoms with Crippen molar-refractivity contribution in [3.63, 3.8) is 0 Å². The molecule has 1 aliphatic rings. The average Bonchev–Trinajstić information content (AvgIpc) is 3.28. The molecule has 1 unspecified atom stereocenters. The van der Waals surface area contributed by atoms with E-state index in [1.54, 1.807) is 19.9 Å². The van der Waals surface area contributed by atoms with Crippen molar-refractivity contribution in [3.05, 3.63) is 65.2 Å². The first-order chi connectivity index (χ1) is 15.9. The Labute approximate surface area is 195 Å². The van der Waals surface area contributed by atoms with Gasteiger partial charge in [0.1, 0.15) is 5.60 Å². The molecule has 1 fully saturated rings. The molecule has 3 aromatic rings. The Balaban J connectivity index is 1.75. The van der Waals surface area contributed by atoms with E-state index >= 15 is 0 Å². The predicted octanol–water partition coefficient (Wildman–Crippen LogP) is 3.35. The van der Waals surface area contributed by atoms with E-state index in [4.69, 9.17) is 4.52 Å². The summed E-state index contributed by atoms with van der Waals surface area (Å²) in [5.41, 5.74) is -1.34. The molecule has 7 nitrogen and oxygen atoms in total. The Hall–Kier alpha value is -2.82. The second-order valence-electron chi connectivity index (χ2n) is 9.79. The van der Waals surface area contributed by atoms with Crippen LogP contribution in [0.5, 0.6) is 0 Å². The summed E-state index contributed by atoms with van der Waals surface area (Å²) in [6.07, 6.45) is -2.29. The monoisotopic (exact) mass is 476 g/mol. The maximum atomic E-state index is 12.8. The van der Waals surface area contributed by atoms with Crippen LogP contribution in [0, 0.1) is 5.41 Å². The van der Waals surface area contributed by atoms with Gasteiger partial charge >= 0.3 is 6.18 Å². The Kier molecular flexibility index (Phi) is 6.03. The minimum Gasteiger partial charge on any atom is -0.395 e. The number of aromatic nitrogens is 3. The van der Waals surface area contributed by atoms with Crippen LogP contribution in [-0.2, 0) is 17.4 Å². The fraction of sp³-hybridized carbons (Fsp3) is 0.458. The molecule has 0 aliphatic carbocycles. The van der Waals surface area contributed by atoms with Crippen LogP contribution in [0.1, 0.15) is 43.3 Å². The predicted molar refractivity (Wildman–Crippen MR) is 118 cm³/mol. The molecule has 0 spiro atoms. The molecule has 2 aromatic heterocycles. The van der Waals surface area contributed by atoms with E-state index in [1.165, 1.54) is 36.7 Å². The van der Waals surface area contributed by atoms with Gasteiger partial charge in [0.05, 0.1) is 24.0 Å².